The van der Waals surface area contributed by atoms with Crippen LogP contribution >= 0.6 is 0 Å². The lowest BCUT2D eigenvalue weighted by Gasteiger charge is -2.38. The summed E-state index contributed by atoms with van der Waals surface area (Å²) in [6.45, 7) is 3.46. The van der Waals surface area contributed by atoms with Crippen molar-refractivity contribution in [1.29, 1.82) is 0 Å². The molecular weight excluding hydrogens is 366 g/mol. The van der Waals surface area contributed by atoms with Crippen LogP contribution in [0.1, 0.15) is 29.9 Å². The fourth-order valence-corrected chi connectivity index (χ4v) is 3.88. The summed E-state index contributed by atoms with van der Waals surface area (Å²) in [6, 6.07) is 17.9. The molecule has 6 nitrogen and oxygen atoms in total. The number of aryl methyl sites for hydroxylation is 1. The van der Waals surface area contributed by atoms with Gasteiger partial charge < -0.3 is 14.2 Å². The van der Waals surface area contributed by atoms with Gasteiger partial charge in [0.25, 0.3) is 0 Å². The predicted molar refractivity (Wildman–Crippen MR) is 109 cm³/mol. The zero-order chi connectivity index (χ0) is 20.3. The third-order valence-electron chi connectivity index (χ3n) is 5.58. The summed E-state index contributed by atoms with van der Waals surface area (Å²) in [4.78, 5) is 19.7. The highest BCUT2D eigenvalue weighted by molar-refractivity contribution is 5.88. The second kappa shape index (κ2) is 8.17. The van der Waals surface area contributed by atoms with Crippen LogP contribution < -0.4 is 0 Å². The molecule has 0 saturated carbocycles. The Morgan fingerprint density at radius 2 is 1.76 bits per heavy atom. The van der Waals surface area contributed by atoms with Crippen LogP contribution in [0.2, 0.25) is 0 Å². The van der Waals surface area contributed by atoms with Gasteiger partial charge in [0.05, 0.1) is 12.0 Å². The van der Waals surface area contributed by atoms with Crippen molar-refractivity contribution in [3.63, 3.8) is 0 Å². The van der Waals surface area contributed by atoms with Crippen LogP contribution in [-0.4, -0.2) is 41.2 Å². The third kappa shape index (κ3) is 3.93. The van der Waals surface area contributed by atoms with Gasteiger partial charge in [0.1, 0.15) is 0 Å². The van der Waals surface area contributed by atoms with E-state index in [4.69, 9.17) is 9.26 Å². The molecule has 0 N–H and O–H groups in total. The van der Waals surface area contributed by atoms with E-state index >= 15 is 0 Å². The first-order valence-corrected chi connectivity index (χ1v) is 9.87. The van der Waals surface area contributed by atoms with Crippen molar-refractivity contribution in [2.45, 2.75) is 31.7 Å². The first-order chi connectivity index (χ1) is 14.1. The summed E-state index contributed by atoms with van der Waals surface area (Å²) in [5, 5.41) is 4.07. The lowest BCUT2D eigenvalue weighted by Crippen LogP contribution is -2.48. The smallest absolute Gasteiger partial charge is 0.246 e. The first kappa shape index (κ1) is 19.3. The standard InChI is InChI=1S/C23H25N3O3/c1-17-8-10-18(11-9-17)21-24-20(29-25-21)16-26(2)22(27)23(12-14-28-15-13-23)19-6-4-3-5-7-19/h3-11H,12-16H2,1-2H3. The average molecular weight is 391 g/mol. The van der Waals surface area contributed by atoms with Crippen molar-refractivity contribution < 1.29 is 14.1 Å². The summed E-state index contributed by atoms with van der Waals surface area (Å²) >= 11 is 0. The maximum atomic E-state index is 13.5. The number of hydrogen-bond acceptors (Lipinski definition) is 5. The Labute approximate surface area is 170 Å². The zero-order valence-corrected chi connectivity index (χ0v) is 16.8. The molecule has 3 aromatic rings. The van der Waals surface area contributed by atoms with Crippen LogP contribution in [0.25, 0.3) is 11.4 Å². The lowest BCUT2D eigenvalue weighted by atomic mass is 9.73. The Morgan fingerprint density at radius 1 is 1.07 bits per heavy atom. The maximum Gasteiger partial charge on any atom is 0.246 e. The fraction of sp³-hybridized carbons (Fsp3) is 0.348. The van der Waals surface area contributed by atoms with Gasteiger partial charge in [-0.1, -0.05) is 65.3 Å². The zero-order valence-electron chi connectivity index (χ0n) is 16.8. The quantitative estimate of drug-likeness (QED) is 0.663. The van der Waals surface area contributed by atoms with Gasteiger partial charge >= 0.3 is 0 Å². The molecule has 6 heteroatoms. The molecule has 0 radical (unpaired) electrons. The number of nitrogens with zero attached hydrogens (tertiary/aromatic N) is 3. The van der Waals surface area contributed by atoms with E-state index in [-0.39, 0.29) is 12.5 Å². The Bertz CT molecular complexity index is 961. The molecule has 1 aliphatic rings. The number of hydrogen-bond donors (Lipinski definition) is 0. The largest absolute Gasteiger partial charge is 0.381 e. The molecule has 0 bridgehead atoms. The van der Waals surface area contributed by atoms with E-state index in [9.17, 15) is 4.79 Å². The van der Waals surface area contributed by atoms with Crippen LogP contribution in [0.15, 0.2) is 59.1 Å². The van der Waals surface area contributed by atoms with E-state index in [0.717, 1.165) is 11.1 Å². The topological polar surface area (TPSA) is 68.5 Å². The monoisotopic (exact) mass is 391 g/mol. The van der Waals surface area contributed by atoms with Crippen LogP contribution in [-0.2, 0) is 21.5 Å². The van der Waals surface area contributed by atoms with Crippen LogP contribution in [0, 0.1) is 6.92 Å². The number of aromatic nitrogens is 2. The van der Waals surface area contributed by atoms with Gasteiger partial charge in [0.15, 0.2) is 0 Å². The highest BCUT2D eigenvalue weighted by Crippen LogP contribution is 2.36. The van der Waals surface area contributed by atoms with E-state index in [1.807, 2.05) is 61.5 Å². The molecule has 0 aliphatic carbocycles. The van der Waals surface area contributed by atoms with Crippen molar-refractivity contribution in [1.82, 2.24) is 15.0 Å². The van der Waals surface area contributed by atoms with Crippen LogP contribution in [0.3, 0.4) is 0 Å². The molecule has 150 valence electrons. The average Bonchev–Trinajstić information content (AvgIpc) is 3.23. The molecular formula is C23H25N3O3. The number of benzene rings is 2. The first-order valence-electron chi connectivity index (χ1n) is 9.87. The number of ether oxygens (including phenoxy) is 1. The van der Waals surface area contributed by atoms with Crippen molar-refractivity contribution in [3.8, 4) is 11.4 Å². The molecule has 1 aliphatic heterocycles. The van der Waals surface area contributed by atoms with E-state index in [1.54, 1.807) is 11.9 Å². The van der Waals surface area contributed by atoms with Gasteiger partial charge in [0.2, 0.25) is 17.6 Å². The number of carbonyl (C=O) groups excluding carboxylic acids is 1. The lowest BCUT2D eigenvalue weighted by molar-refractivity contribution is -0.140. The van der Waals surface area contributed by atoms with E-state index in [0.29, 0.717) is 37.8 Å². The Kier molecular flexibility index (Phi) is 5.45. The Hall–Kier alpha value is -2.99. The van der Waals surface area contributed by atoms with E-state index in [2.05, 4.69) is 10.1 Å². The number of amides is 1. The van der Waals surface area contributed by atoms with Crippen molar-refractivity contribution in [2.75, 3.05) is 20.3 Å². The minimum atomic E-state index is -0.575. The number of rotatable bonds is 5. The summed E-state index contributed by atoms with van der Waals surface area (Å²) in [7, 11) is 1.79. The molecule has 1 saturated heterocycles. The van der Waals surface area contributed by atoms with E-state index < -0.39 is 5.41 Å². The van der Waals surface area contributed by atoms with Crippen molar-refractivity contribution >= 4 is 5.91 Å². The molecule has 2 heterocycles. The van der Waals surface area contributed by atoms with Crippen molar-refractivity contribution in [3.05, 3.63) is 71.6 Å². The summed E-state index contributed by atoms with van der Waals surface area (Å²) in [5.74, 6) is 1.01. The van der Waals surface area contributed by atoms with Gasteiger partial charge in [-0.2, -0.15) is 4.98 Å². The highest BCUT2D eigenvalue weighted by atomic mass is 16.5. The maximum absolute atomic E-state index is 13.5. The molecule has 29 heavy (non-hydrogen) atoms. The minimum Gasteiger partial charge on any atom is -0.381 e. The molecule has 1 amide bonds. The summed E-state index contributed by atoms with van der Waals surface area (Å²) in [6.07, 6.45) is 1.33. The SMILES string of the molecule is Cc1ccc(-c2noc(CN(C)C(=O)C3(c4ccccc4)CCOCC3)n2)cc1. The van der Waals surface area contributed by atoms with Crippen molar-refractivity contribution in [2.24, 2.45) is 0 Å². The van der Waals surface area contributed by atoms with Gasteiger partial charge in [0, 0.05) is 25.8 Å². The molecule has 0 unspecified atom stereocenters. The molecule has 1 aromatic heterocycles. The minimum absolute atomic E-state index is 0.0575. The van der Waals surface area contributed by atoms with Gasteiger partial charge in [-0.05, 0) is 25.3 Å². The number of carbonyl (C=O) groups is 1. The van der Waals surface area contributed by atoms with E-state index in [1.165, 1.54) is 5.56 Å². The third-order valence-corrected chi connectivity index (χ3v) is 5.58. The second-order valence-corrected chi connectivity index (χ2v) is 7.60. The van der Waals surface area contributed by atoms with Crippen LogP contribution in [0.5, 0.6) is 0 Å². The molecule has 4 rings (SSSR count). The van der Waals surface area contributed by atoms with Gasteiger partial charge in [-0.25, -0.2) is 0 Å². The molecule has 2 aromatic carbocycles. The van der Waals surface area contributed by atoms with Crippen LogP contribution in [0.4, 0.5) is 0 Å². The molecule has 0 atom stereocenters. The molecule has 0 spiro atoms. The Morgan fingerprint density at radius 3 is 2.45 bits per heavy atom. The number of likely N-dealkylation sites (N-methyl/N-ethyl adjacent to an activating group) is 1. The highest BCUT2D eigenvalue weighted by Gasteiger charge is 2.43. The van der Waals surface area contributed by atoms with Gasteiger partial charge in [-0.15, -0.1) is 0 Å². The molecule has 1 fully saturated rings. The summed E-state index contributed by atoms with van der Waals surface area (Å²) in [5.41, 5.74) is 2.52. The predicted octanol–water partition coefficient (Wildman–Crippen LogP) is 3.75. The Balaban J connectivity index is 1.53. The fourth-order valence-electron chi connectivity index (χ4n) is 3.88. The summed E-state index contributed by atoms with van der Waals surface area (Å²) < 4.78 is 11.0. The van der Waals surface area contributed by atoms with Gasteiger partial charge in [-0.3, -0.25) is 4.79 Å². The normalized spacial score (nSPS) is 15.8. The second-order valence-electron chi connectivity index (χ2n) is 7.60.